The fraction of sp³-hybridized carbons (Fsp3) is 0.818. The molecule has 0 saturated carbocycles. The van der Waals surface area contributed by atoms with Gasteiger partial charge in [0.25, 0.3) is 0 Å². The van der Waals surface area contributed by atoms with E-state index in [0.717, 1.165) is 18.8 Å². The maximum absolute atomic E-state index is 9.16. The van der Waals surface area contributed by atoms with Crippen molar-refractivity contribution in [1.29, 1.82) is 0 Å². The summed E-state index contributed by atoms with van der Waals surface area (Å²) in [7, 11) is 1.69. The topological polar surface area (TPSA) is 60.2 Å². The Morgan fingerprint density at radius 1 is 1.31 bits per heavy atom. The second-order valence-corrected chi connectivity index (χ2v) is 4.48. The molecule has 0 fully saturated rings. The van der Waals surface area contributed by atoms with Gasteiger partial charge in [-0.2, -0.15) is 0 Å². The van der Waals surface area contributed by atoms with E-state index in [0.29, 0.717) is 12.2 Å². The zero-order valence-electron chi connectivity index (χ0n) is 10.5. The molecule has 0 aliphatic rings. The normalized spacial score (nSPS) is 12.1. The second-order valence-electron chi connectivity index (χ2n) is 4.48. The molecule has 5 heteroatoms. The van der Waals surface area contributed by atoms with Gasteiger partial charge in [0, 0.05) is 20.1 Å². The Morgan fingerprint density at radius 3 is 2.44 bits per heavy atom. The number of ether oxygens (including phenoxy) is 1. The van der Waals surface area contributed by atoms with Gasteiger partial charge in [-0.25, -0.2) is 0 Å². The summed E-state index contributed by atoms with van der Waals surface area (Å²) >= 11 is 0. The summed E-state index contributed by atoms with van der Waals surface area (Å²) in [6.07, 6.45) is 1.68. The zero-order valence-corrected chi connectivity index (χ0v) is 10.5. The average molecular weight is 227 g/mol. The molecule has 92 valence electrons. The van der Waals surface area contributed by atoms with Crippen molar-refractivity contribution in [3.05, 3.63) is 11.6 Å². The summed E-state index contributed by atoms with van der Waals surface area (Å²) in [6.45, 7) is 6.87. The van der Waals surface area contributed by atoms with E-state index in [-0.39, 0.29) is 12.2 Å². The maximum atomic E-state index is 9.16. The molecule has 0 aliphatic carbocycles. The van der Waals surface area contributed by atoms with E-state index >= 15 is 0 Å². The monoisotopic (exact) mass is 227 g/mol. The van der Waals surface area contributed by atoms with Crippen molar-refractivity contribution >= 4 is 0 Å². The SMILES string of the molecule is CCCn1c(CO)nnc1CC(C)(C)OC. The van der Waals surface area contributed by atoms with Gasteiger partial charge in [0.15, 0.2) is 5.82 Å². The Hall–Kier alpha value is -0.940. The molecule has 0 amide bonds. The van der Waals surface area contributed by atoms with Crippen LogP contribution in [0.5, 0.6) is 0 Å². The van der Waals surface area contributed by atoms with Gasteiger partial charge >= 0.3 is 0 Å². The number of aliphatic hydroxyl groups excluding tert-OH is 1. The highest BCUT2D eigenvalue weighted by molar-refractivity contribution is 4.98. The first-order chi connectivity index (χ1) is 7.54. The van der Waals surface area contributed by atoms with Gasteiger partial charge in [-0.1, -0.05) is 6.92 Å². The molecule has 16 heavy (non-hydrogen) atoms. The van der Waals surface area contributed by atoms with E-state index in [4.69, 9.17) is 9.84 Å². The Bertz CT molecular complexity index is 334. The van der Waals surface area contributed by atoms with E-state index < -0.39 is 0 Å². The summed E-state index contributed by atoms with van der Waals surface area (Å²) in [5.41, 5.74) is -0.259. The summed E-state index contributed by atoms with van der Waals surface area (Å²) < 4.78 is 7.35. The lowest BCUT2D eigenvalue weighted by Crippen LogP contribution is -2.27. The number of hydrogen-bond donors (Lipinski definition) is 1. The lowest BCUT2D eigenvalue weighted by molar-refractivity contribution is 0.0207. The molecular weight excluding hydrogens is 206 g/mol. The van der Waals surface area contributed by atoms with Crippen LogP contribution in [0.3, 0.4) is 0 Å². The van der Waals surface area contributed by atoms with E-state index in [1.807, 2.05) is 18.4 Å². The summed E-state index contributed by atoms with van der Waals surface area (Å²) in [6, 6.07) is 0. The minimum atomic E-state index is -0.259. The molecule has 1 aromatic heterocycles. The molecule has 0 bridgehead atoms. The molecule has 5 nitrogen and oxygen atoms in total. The third kappa shape index (κ3) is 3.02. The highest BCUT2D eigenvalue weighted by Crippen LogP contribution is 2.16. The molecule has 0 spiro atoms. The zero-order chi connectivity index (χ0) is 12.2. The van der Waals surface area contributed by atoms with Crippen LogP contribution in [0.2, 0.25) is 0 Å². The van der Waals surface area contributed by atoms with Gasteiger partial charge in [0.1, 0.15) is 12.4 Å². The average Bonchev–Trinajstić information content (AvgIpc) is 2.61. The molecule has 0 atom stereocenters. The third-order valence-electron chi connectivity index (χ3n) is 2.63. The minimum Gasteiger partial charge on any atom is -0.388 e. The van der Waals surface area contributed by atoms with Gasteiger partial charge < -0.3 is 14.4 Å². The molecule has 1 rings (SSSR count). The van der Waals surface area contributed by atoms with Crippen LogP contribution < -0.4 is 0 Å². The van der Waals surface area contributed by atoms with Crippen LogP contribution in [0, 0.1) is 0 Å². The Balaban J connectivity index is 2.91. The van der Waals surface area contributed by atoms with Crippen LogP contribution in [-0.2, 0) is 24.3 Å². The van der Waals surface area contributed by atoms with Crippen molar-refractivity contribution in [2.75, 3.05) is 7.11 Å². The molecular formula is C11H21N3O2. The Labute approximate surface area is 96.5 Å². The highest BCUT2D eigenvalue weighted by atomic mass is 16.5. The van der Waals surface area contributed by atoms with E-state index in [9.17, 15) is 0 Å². The lowest BCUT2D eigenvalue weighted by Gasteiger charge is -2.22. The maximum Gasteiger partial charge on any atom is 0.158 e. The van der Waals surface area contributed by atoms with Gasteiger partial charge in [-0.15, -0.1) is 10.2 Å². The van der Waals surface area contributed by atoms with Crippen LogP contribution in [0.4, 0.5) is 0 Å². The van der Waals surface area contributed by atoms with Gasteiger partial charge in [0.05, 0.1) is 5.60 Å². The summed E-state index contributed by atoms with van der Waals surface area (Å²) in [5, 5.41) is 17.3. The van der Waals surface area contributed by atoms with Crippen LogP contribution in [0.15, 0.2) is 0 Å². The first-order valence-electron chi connectivity index (χ1n) is 5.61. The molecule has 1 aromatic rings. The molecule has 0 unspecified atom stereocenters. The van der Waals surface area contributed by atoms with Crippen molar-refractivity contribution in [2.24, 2.45) is 0 Å². The number of methoxy groups -OCH3 is 1. The lowest BCUT2D eigenvalue weighted by atomic mass is 10.0. The molecule has 1 N–H and O–H groups in total. The summed E-state index contributed by atoms with van der Waals surface area (Å²) in [5.74, 6) is 1.50. The fourth-order valence-electron chi connectivity index (χ4n) is 1.55. The number of hydrogen-bond acceptors (Lipinski definition) is 4. The van der Waals surface area contributed by atoms with Gasteiger partial charge in [0.2, 0.25) is 0 Å². The second kappa shape index (κ2) is 5.41. The fourth-order valence-corrected chi connectivity index (χ4v) is 1.55. The van der Waals surface area contributed by atoms with Crippen LogP contribution in [-0.4, -0.2) is 32.6 Å². The molecule has 0 aromatic carbocycles. The van der Waals surface area contributed by atoms with Gasteiger partial charge in [-0.05, 0) is 20.3 Å². The molecule has 1 heterocycles. The van der Waals surface area contributed by atoms with Crippen molar-refractivity contribution in [3.8, 4) is 0 Å². The van der Waals surface area contributed by atoms with Crippen molar-refractivity contribution in [3.63, 3.8) is 0 Å². The van der Waals surface area contributed by atoms with E-state index in [1.165, 1.54) is 0 Å². The van der Waals surface area contributed by atoms with E-state index in [1.54, 1.807) is 7.11 Å². The standard InChI is InChI=1S/C11H21N3O2/c1-5-6-14-9(7-11(2,3)16-4)12-13-10(14)8-15/h15H,5-8H2,1-4H3. The first kappa shape index (κ1) is 13.1. The van der Waals surface area contributed by atoms with Crippen LogP contribution in [0.25, 0.3) is 0 Å². The van der Waals surface area contributed by atoms with Crippen molar-refractivity contribution < 1.29 is 9.84 Å². The number of aromatic nitrogens is 3. The smallest absolute Gasteiger partial charge is 0.158 e. The largest absolute Gasteiger partial charge is 0.388 e. The number of rotatable bonds is 6. The van der Waals surface area contributed by atoms with E-state index in [2.05, 4.69) is 17.1 Å². The Kier molecular flexibility index (Phi) is 4.44. The molecule has 0 radical (unpaired) electrons. The predicted octanol–water partition coefficient (Wildman–Crippen LogP) is 1.15. The van der Waals surface area contributed by atoms with Gasteiger partial charge in [-0.3, -0.25) is 0 Å². The number of nitrogens with zero attached hydrogens (tertiary/aromatic N) is 3. The van der Waals surface area contributed by atoms with Crippen LogP contribution >= 0.6 is 0 Å². The highest BCUT2D eigenvalue weighted by Gasteiger charge is 2.22. The molecule has 0 aliphatic heterocycles. The first-order valence-corrected chi connectivity index (χ1v) is 5.61. The predicted molar refractivity (Wildman–Crippen MR) is 61.0 cm³/mol. The van der Waals surface area contributed by atoms with Crippen LogP contribution in [0.1, 0.15) is 38.8 Å². The summed E-state index contributed by atoms with van der Waals surface area (Å²) in [4.78, 5) is 0. The van der Waals surface area contributed by atoms with Crippen molar-refractivity contribution in [1.82, 2.24) is 14.8 Å². The minimum absolute atomic E-state index is 0.0690. The third-order valence-corrected chi connectivity index (χ3v) is 2.63. The van der Waals surface area contributed by atoms with Crippen molar-refractivity contribution in [2.45, 2.75) is 52.4 Å². The number of aliphatic hydroxyl groups is 1. The molecule has 0 saturated heterocycles. The Morgan fingerprint density at radius 2 is 1.94 bits per heavy atom. The quantitative estimate of drug-likeness (QED) is 0.792.